The molecule has 0 radical (unpaired) electrons. The highest BCUT2D eigenvalue weighted by molar-refractivity contribution is 9.10. The molecule has 1 aromatic carbocycles. The number of halogens is 3. The number of nitrogens with zero attached hydrogens (tertiary/aromatic N) is 1. The van der Waals surface area contributed by atoms with Crippen LogP contribution in [0.5, 0.6) is 5.75 Å². The molecule has 0 saturated heterocycles. The van der Waals surface area contributed by atoms with Crippen molar-refractivity contribution in [1.29, 1.82) is 5.41 Å². The highest BCUT2D eigenvalue weighted by Gasteiger charge is 2.07. The number of hydrogen-bond acceptors (Lipinski definition) is 2. The molecule has 17 heavy (non-hydrogen) atoms. The number of nitrogens with one attached hydrogen (secondary N) is 1. The lowest BCUT2D eigenvalue weighted by atomic mass is 10.2. The molecule has 0 amide bonds. The van der Waals surface area contributed by atoms with E-state index in [1.807, 2.05) is 0 Å². The quantitative estimate of drug-likeness (QED) is 0.497. The molecule has 94 valence electrons. The van der Waals surface area contributed by atoms with E-state index in [2.05, 4.69) is 15.9 Å². The maximum atomic E-state index is 11.9. The maximum absolute atomic E-state index is 11.9. The Labute approximate surface area is 112 Å². The van der Waals surface area contributed by atoms with Crippen molar-refractivity contribution in [3.8, 4) is 5.75 Å². The maximum Gasteiger partial charge on any atom is 0.203 e. The zero-order valence-corrected chi connectivity index (χ0v) is 11.3. The molecule has 4 nitrogen and oxygen atoms in total. The van der Waals surface area contributed by atoms with Gasteiger partial charge in [-0.25, -0.2) is 4.39 Å². The van der Waals surface area contributed by atoms with Gasteiger partial charge in [0.2, 0.25) is 5.96 Å². The summed E-state index contributed by atoms with van der Waals surface area (Å²) in [4.78, 5) is 0. The summed E-state index contributed by atoms with van der Waals surface area (Å²) in [6, 6.07) is 5.27. The largest absolute Gasteiger partial charge is 0.490 e. The summed E-state index contributed by atoms with van der Waals surface area (Å²) in [5, 5.41) is 7.13. The predicted octanol–water partition coefficient (Wildman–Crippen LogP) is 2.65. The van der Waals surface area contributed by atoms with Gasteiger partial charge in [-0.1, -0.05) is 6.07 Å². The fourth-order valence-corrected chi connectivity index (χ4v) is 1.83. The zero-order valence-electron chi connectivity index (χ0n) is 8.92. The molecule has 0 unspecified atom stereocenters. The third kappa shape index (κ3) is 4.40. The molecule has 0 bridgehead atoms. The second-order valence-corrected chi connectivity index (χ2v) is 4.47. The average Bonchev–Trinajstić information content (AvgIpc) is 2.28. The van der Waals surface area contributed by atoms with Crippen LogP contribution in [0, 0.1) is 5.41 Å². The van der Waals surface area contributed by atoms with E-state index in [-0.39, 0.29) is 12.6 Å². The van der Waals surface area contributed by atoms with Crippen LogP contribution in [0.1, 0.15) is 5.56 Å². The molecule has 0 fully saturated rings. The standard InChI is InChI=1S/C10H12BrClFN3O/c11-8-5-7(6-16(12)10(14)15)1-2-9(8)17-4-3-13/h1-2,5H,3-4,6H2,(H3,14,15). The van der Waals surface area contributed by atoms with E-state index in [4.69, 9.17) is 27.7 Å². The molecule has 7 heteroatoms. The number of ether oxygens (including phenoxy) is 1. The SMILES string of the molecule is N=C(N)N(Cl)Cc1ccc(OCCF)c(Br)c1. The van der Waals surface area contributed by atoms with Crippen LogP contribution in [0.4, 0.5) is 4.39 Å². The monoisotopic (exact) mass is 323 g/mol. The third-order valence-corrected chi connectivity index (χ3v) is 2.84. The summed E-state index contributed by atoms with van der Waals surface area (Å²) in [5.41, 5.74) is 6.07. The summed E-state index contributed by atoms with van der Waals surface area (Å²) in [7, 11) is 0. The lowest BCUT2D eigenvalue weighted by molar-refractivity contribution is 0.272. The van der Waals surface area contributed by atoms with Crippen molar-refractivity contribution < 1.29 is 9.13 Å². The minimum Gasteiger partial charge on any atom is -0.490 e. The molecule has 0 atom stereocenters. The Morgan fingerprint density at radius 3 is 2.82 bits per heavy atom. The lowest BCUT2D eigenvalue weighted by Gasteiger charge is -2.14. The molecule has 0 aliphatic heterocycles. The highest BCUT2D eigenvalue weighted by atomic mass is 79.9. The first-order valence-electron chi connectivity index (χ1n) is 4.79. The molecule has 3 N–H and O–H groups in total. The third-order valence-electron chi connectivity index (χ3n) is 1.91. The van der Waals surface area contributed by atoms with Crippen molar-refractivity contribution in [2.24, 2.45) is 5.73 Å². The molecular formula is C10H12BrClFN3O. The van der Waals surface area contributed by atoms with Gasteiger partial charge in [-0.15, -0.1) is 0 Å². The first-order chi connectivity index (χ1) is 8.04. The summed E-state index contributed by atoms with van der Waals surface area (Å²) < 4.78 is 18.9. The Morgan fingerprint density at radius 1 is 1.59 bits per heavy atom. The molecule has 0 aliphatic rings. The van der Waals surface area contributed by atoms with Crippen LogP contribution in [0.2, 0.25) is 0 Å². The number of rotatable bonds is 5. The smallest absolute Gasteiger partial charge is 0.203 e. The molecule has 1 rings (SSSR count). The molecule has 0 spiro atoms. The van der Waals surface area contributed by atoms with Crippen LogP contribution in [0.15, 0.2) is 22.7 Å². The van der Waals surface area contributed by atoms with Crippen molar-refractivity contribution in [3.05, 3.63) is 28.2 Å². The Kier molecular flexibility index (Phi) is 5.50. The predicted molar refractivity (Wildman–Crippen MR) is 68.9 cm³/mol. The fourth-order valence-electron chi connectivity index (χ4n) is 1.15. The summed E-state index contributed by atoms with van der Waals surface area (Å²) in [6.45, 7) is -0.208. The van der Waals surface area contributed by atoms with Crippen LogP contribution in [-0.4, -0.2) is 23.7 Å². The van der Waals surface area contributed by atoms with E-state index >= 15 is 0 Å². The Hall–Kier alpha value is -1.01. The molecule has 1 aromatic rings. The normalized spacial score (nSPS) is 10.1. The first-order valence-corrected chi connectivity index (χ1v) is 5.92. The second kappa shape index (κ2) is 6.66. The van der Waals surface area contributed by atoms with Gasteiger partial charge in [-0.3, -0.25) is 9.83 Å². The Balaban J connectivity index is 2.71. The second-order valence-electron chi connectivity index (χ2n) is 3.21. The Bertz CT molecular complexity index is 405. The van der Waals surface area contributed by atoms with Gasteiger partial charge in [0.25, 0.3) is 0 Å². The van der Waals surface area contributed by atoms with Crippen LogP contribution < -0.4 is 10.5 Å². The molecule has 0 saturated carbocycles. The fraction of sp³-hybridized carbons (Fsp3) is 0.300. The number of hydrogen-bond donors (Lipinski definition) is 2. The van der Waals surface area contributed by atoms with Crippen LogP contribution in [0.3, 0.4) is 0 Å². The van der Waals surface area contributed by atoms with E-state index in [1.54, 1.807) is 18.2 Å². The van der Waals surface area contributed by atoms with Crippen molar-refractivity contribution >= 4 is 33.7 Å². The summed E-state index contributed by atoms with van der Waals surface area (Å²) in [5.74, 6) is 0.343. The number of benzene rings is 1. The van der Waals surface area contributed by atoms with E-state index in [9.17, 15) is 4.39 Å². The van der Waals surface area contributed by atoms with Crippen molar-refractivity contribution in [2.75, 3.05) is 13.3 Å². The van der Waals surface area contributed by atoms with Crippen molar-refractivity contribution in [1.82, 2.24) is 4.42 Å². The minimum atomic E-state index is -0.534. The highest BCUT2D eigenvalue weighted by Crippen LogP contribution is 2.26. The van der Waals surface area contributed by atoms with Crippen molar-refractivity contribution in [3.63, 3.8) is 0 Å². The van der Waals surface area contributed by atoms with E-state index in [0.29, 0.717) is 16.8 Å². The van der Waals surface area contributed by atoms with Gasteiger partial charge in [0.05, 0.1) is 11.0 Å². The van der Waals surface area contributed by atoms with E-state index < -0.39 is 6.67 Å². The van der Waals surface area contributed by atoms with Gasteiger partial charge >= 0.3 is 0 Å². The summed E-state index contributed by atoms with van der Waals surface area (Å²) >= 11 is 9.02. The van der Waals surface area contributed by atoms with Gasteiger partial charge in [0.15, 0.2) is 0 Å². The van der Waals surface area contributed by atoms with Gasteiger partial charge in [0, 0.05) is 11.8 Å². The minimum absolute atomic E-state index is 0.0209. The molecular weight excluding hydrogens is 312 g/mol. The van der Waals surface area contributed by atoms with Crippen LogP contribution >= 0.6 is 27.7 Å². The van der Waals surface area contributed by atoms with Gasteiger partial charge in [-0.05, 0) is 33.6 Å². The first kappa shape index (κ1) is 14.1. The number of guanidine groups is 1. The van der Waals surface area contributed by atoms with E-state index in [1.165, 1.54) is 0 Å². The van der Waals surface area contributed by atoms with Gasteiger partial charge < -0.3 is 10.5 Å². The van der Waals surface area contributed by atoms with Gasteiger partial charge in [-0.2, -0.15) is 0 Å². The molecule has 0 aliphatic carbocycles. The topological polar surface area (TPSA) is 62.3 Å². The van der Waals surface area contributed by atoms with Crippen LogP contribution in [0.25, 0.3) is 0 Å². The summed E-state index contributed by atoms with van der Waals surface area (Å²) in [6.07, 6.45) is 0. The lowest BCUT2D eigenvalue weighted by Crippen LogP contribution is -2.27. The zero-order chi connectivity index (χ0) is 12.8. The number of nitrogens with two attached hydrogens (primary N) is 1. The Morgan fingerprint density at radius 2 is 2.29 bits per heavy atom. The average molecular weight is 325 g/mol. The number of alkyl halides is 1. The van der Waals surface area contributed by atoms with Gasteiger partial charge in [0.1, 0.15) is 19.0 Å². The van der Waals surface area contributed by atoms with E-state index in [0.717, 1.165) is 9.98 Å². The molecule has 0 heterocycles. The van der Waals surface area contributed by atoms with Crippen molar-refractivity contribution in [2.45, 2.75) is 6.54 Å². The molecule has 0 aromatic heterocycles. The van der Waals surface area contributed by atoms with Crippen LogP contribution in [-0.2, 0) is 6.54 Å².